The molecule has 2 fully saturated rings. The van der Waals surface area contributed by atoms with Crippen molar-refractivity contribution in [2.75, 3.05) is 37.7 Å². The van der Waals surface area contributed by atoms with Gasteiger partial charge in [0.15, 0.2) is 5.78 Å². The first-order chi connectivity index (χ1) is 45.3. The number of thioether (sulfide) groups is 2. The third-order valence-electron chi connectivity index (χ3n) is 17.4. The van der Waals surface area contributed by atoms with Gasteiger partial charge in [0, 0.05) is 84.8 Å². The number of phenols is 1. The van der Waals surface area contributed by atoms with Gasteiger partial charge in [-0.05, 0) is 134 Å². The number of halogens is 1. The van der Waals surface area contributed by atoms with Gasteiger partial charge in [0.25, 0.3) is 0 Å². The highest BCUT2D eigenvalue weighted by Crippen LogP contribution is 2.28. The molecule has 4 heterocycles. The van der Waals surface area contributed by atoms with E-state index in [-0.39, 0.29) is 75.4 Å². The van der Waals surface area contributed by atoms with Crippen LogP contribution in [0.3, 0.4) is 0 Å². The lowest BCUT2D eigenvalue weighted by atomic mass is 9.91. The number of carbonyl (C=O) groups is 10. The standard InChI is InChI=1S/C69H82FN11O11S2/c1-41-63(86)77-56(31-42-19-22-50(82)23-20-42)68(91)81-28-9-18-60(81)67(90)79-58(62(72)85)40-94-39-44-11-6-10-43(30-44)38-93-29-25-61(84)76-55(16-4-5-26-71)65(88)74-37-51(83)33-47(32-48-36-73-54-24-21-49(70)35-53(48)54)64(87)78-57(69(92)80-27-8-17-59(80)66(89)75-41)34-46-14-7-13-45-12-2-3-15-52(45)46/h2-3,6-7,10-15,19-24,30,35-36,41,47,55-60,73,82H,4-5,8-9,16-18,25-29,31-34,37-40,71H2,1H3,(H2,72,85)(H,74,88)(H,75,89)(H,76,84)(H,77,86)(H,78,87)(H,79,90)/t41-,47+,55-,56-,57-,58-,59-,60-/m0/s1. The van der Waals surface area contributed by atoms with Crippen molar-refractivity contribution in [1.82, 2.24) is 46.7 Å². The van der Waals surface area contributed by atoms with E-state index in [4.69, 9.17) is 11.5 Å². The highest BCUT2D eigenvalue weighted by molar-refractivity contribution is 7.98. The number of fused-ring (bicyclic) bond motifs is 6. The maximum atomic E-state index is 15.4. The maximum Gasteiger partial charge on any atom is 0.246 e. The molecule has 6 aromatic rings. The Labute approximate surface area is 553 Å². The summed E-state index contributed by atoms with van der Waals surface area (Å²) in [4.78, 5) is 149. The monoisotopic (exact) mass is 1320 g/mol. The topological polar surface area (TPSA) is 337 Å². The number of aromatic amines is 1. The molecular weight excluding hydrogens is 1240 g/mol. The fraction of sp³-hybridized carbons (Fsp3) is 0.420. The highest BCUT2D eigenvalue weighted by atomic mass is 32.2. The Morgan fingerprint density at radius 1 is 0.649 bits per heavy atom. The van der Waals surface area contributed by atoms with Gasteiger partial charge in [-0.25, -0.2) is 4.39 Å². The van der Waals surface area contributed by atoms with E-state index in [1.807, 2.05) is 66.7 Å². The number of ketones is 1. The number of rotatable bonds is 11. The van der Waals surface area contributed by atoms with Crippen molar-refractivity contribution in [3.05, 3.63) is 149 Å². The van der Waals surface area contributed by atoms with Crippen molar-refractivity contribution in [1.29, 1.82) is 0 Å². The van der Waals surface area contributed by atoms with Crippen LogP contribution in [0.4, 0.5) is 4.39 Å². The van der Waals surface area contributed by atoms with E-state index < -0.39 is 120 Å². The van der Waals surface area contributed by atoms with Crippen LogP contribution >= 0.6 is 23.5 Å². The molecule has 0 spiro atoms. The summed E-state index contributed by atoms with van der Waals surface area (Å²) < 4.78 is 14.9. The summed E-state index contributed by atoms with van der Waals surface area (Å²) in [5, 5.41) is 29.0. The van der Waals surface area contributed by atoms with Gasteiger partial charge in [0.05, 0.1) is 6.54 Å². The van der Waals surface area contributed by atoms with Crippen LogP contribution in [0.1, 0.15) is 92.5 Å². The summed E-state index contributed by atoms with van der Waals surface area (Å²) in [5.41, 5.74) is 15.9. The Morgan fingerprint density at radius 2 is 1.31 bits per heavy atom. The zero-order valence-corrected chi connectivity index (χ0v) is 54.1. The lowest BCUT2D eigenvalue weighted by molar-refractivity contribution is -0.143. The van der Waals surface area contributed by atoms with Crippen LogP contribution in [-0.4, -0.2) is 159 Å². The molecule has 498 valence electrons. The van der Waals surface area contributed by atoms with Crippen molar-refractivity contribution >= 4 is 104 Å². The summed E-state index contributed by atoms with van der Waals surface area (Å²) in [7, 11) is 0. The van der Waals surface area contributed by atoms with Gasteiger partial charge in [0.2, 0.25) is 53.2 Å². The minimum atomic E-state index is -1.34. The molecule has 25 heteroatoms. The quantitative estimate of drug-likeness (QED) is 0.0800. The van der Waals surface area contributed by atoms with E-state index in [0.717, 1.165) is 21.9 Å². The van der Waals surface area contributed by atoms with Gasteiger partial charge in [-0.15, -0.1) is 0 Å². The molecule has 0 aliphatic carbocycles. The van der Waals surface area contributed by atoms with Crippen LogP contribution in [0, 0.1) is 11.7 Å². The van der Waals surface area contributed by atoms with Gasteiger partial charge in [-0.3, -0.25) is 47.9 Å². The molecule has 3 aliphatic rings. The number of H-pyrrole nitrogens is 1. The van der Waals surface area contributed by atoms with Crippen molar-refractivity contribution in [2.45, 2.75) is 138 Å². The molecule has 94 heavy (non-hydrogen) atoms. The molecule has 22 nitrogen and oxygen atoms in total. The van der Waals surface area contributed by atoms with E-state index in [1.54, 1.807) is 24.4 Å². The van der Waals surface area contributed by atoms with Crippen LogP contribution in [0.2, 0.25) is 0 Å². The molecule has 5 aromatic carbocycles. The number of hydrogen-bond acceptors (Lipinski definition) is 14. The zero-order valence-electron chi connectivity index (χ0n) is 52.5. The van der Waals surface area contributed by atoms with E-state index in [0.29, 0.717) is 77.1 Å². The van der Waals surface area contributed by atoms with Crippen molar-refractivity contribution < 1.29 is 57.4 Å². The van der Waals surface area contributed by atoms with Gasteiger partial charge in [0.1, 0.15) is 53.9 Å². The Morgan fingerprint density at radius 3 is 2.02 bits per heavy atom. The first-order valence-corrected chi connectivity index (χ1v) is 34.3. The summed E-state index contributed by atoms with van der Waals surface area (Å²) >= 11 is 2.89. The third kappa shape index (κ3) is 18.7. The number of benzene rings is 5. The first kappa shape index (κ1) is 69.5. The number of amides is 9. The number of nitrogens with one attached hydrogen (secondary N) is 7. The Hall–Kier alpha value is -8.81. The summed E-state index contributed by atoms with van der Waals surface area (Å²) in [6.45, 7) is 1.51. The molecule has 0 radical (unpaired) electrons. The van der Waals surface area contributed by atoms with Crippen LogP contribution in [0.15, 0.2) is 115 Å². The average Bonchev–Trinajstić information content (AvgIpc) is 1.54. The Balaban J connectivity index is 1.01. The van der Waals surface area contributed by atoms with Crippen LogP contribution in [0.5, 0.6) is 5.75 Å². The number of nitrogens with two attached hydrogens (primary N) is 2. The zero-order chi connectivity index (χ0) is 66.8. The average molecular weight is 1320 g/mol. The minimum absolute atomic E-state index is 0.0308. The first-order valence-electron chi connectivity index (χ1n) is 32.0. The van der Waals surface area contributed by atoms with E-state index >= 15 is 9.59 Å². The van der Waals surface area contributed by atoms with Crippen molar-refractivity contribution in [2.24, 2.45) is 17.4 Å². The number of Topliss-reactive ketones (excluding diaryl/α,β-unsaturated/α-hetero) is 1. The number of hydrogen-bond donors (Lipinski definition) is 10. The van der Waals surface area contributed by atoms with Gasteiger partial charge in [-0.1, -0.05) is 78.9 Å². The number of carbonyl (C=O) groups excluding carboxylic acids is 10. The lowest BCUT2D eigenvalue weighted by Gasteiger charge is -2.31. The SMILES string of the molecule is C[C@@H]1NC(=O)[C@@H]2CCCN2C(=O)[C@H](Cc2cccc3ccccc23)NC(=O)[C@H](Cc2c[nH]c3ccc(F)cc23)CC(=O)CNC(=O)[C@H](CCCCN)NC(=O)CCSCc2cccc(c2)CSC[C@@H](C(N)=O)NC(=O)[C@@H]2CCCN2C(=O)[C@H](Cc2ccc(O)cc2)NC1=O. The molecule has 0 unspecified atom stereocenters. The third-order valence-corrected chi connectivity index (χ3v) is 19.5. The van der Waals surface area contributed by atoms with Crippen LogP contribution < -0.4 is 43.4 Å². The maximum absolute atomic E-state index is 15.4. The number of nitrogens with zero attached hydrogens (tertiary/aromatic N) is 2. The molecule has 2 saturated heterocycles. The molecule has 1 aromatic heterocycles. The number of unbranched alkanes of at least 4 members (excludes halogenated alkanes) is 1. The Bertz CT molecular complexity index is 3740. The van der Waals surface area contributed by atoms with E-state index in [1.165, 1.54) is 64.5 Å². The number of aromatic nitrogens is 1. The van der Waals surface area contributed by atoms with E-state index in [2.05, 4.69) is 36.9 Å². The molecule has 2 bridgehead atoms. The molecule has 9 rings (SSSR count). The summed E-state index contributed by atoms with van der Waals surface area (Å²) in [6, 6.07) is 22.9. The molecule has 8 atom stereocenters. The predicted molar refractivity (Wildman–Crippen MR) is 358 cm³/mol. The van der Waals surface area contributed by atoms with E-state index in [9.17, 15) is 47.9 Å². The lowest BCUT2D eigenvalue weighted by Crippen LogP contribution is -2.59. The molecular formula is C69H82FN11O11S2. The summed E-state index contributed by atoms with van der Waals surface area (Å²) in [6.07, 6.45) is 3.56. The second-order valence-corrected chi connectivity index (χ2v) is 26.5. The predicted octanol–water partition coefficient (Wildman–Crippen LogP) is 4.50. The Kier molecular flexibility index (Phi) is 24.7. The molecule has 9 amide bonds. The largest absolute Gasteiger partial charge is 0.508 e. The van der Waals surface area contributed by atoms with Crippen LogP contribution in [-0.2, 0) is 78.7 Å². The smallest absolute Gasteiger partial charge is 0.246 e. The fourth-order valence-electron chi connectivity index (χ4n) is 12.4. The van der Waals surface area contributed by atoms with Crippen molar-refractivity contribution in [3.63, 3.8) is 0 Å². The fourth-order valence-corrected chi connectivity index (χ4v) is 14.3. The summed E-state index contributed by atoms with van der Waals surface area (Å²) in [5.74, 6) is -6.52. The second kappa shape index (κ2) is 33.3. The molecule has 3 aliphatic heterocycles. The number of primary amides is 1. The van der Waals surface area contributed by atoms with Crippen molar-refractivity contribution in [3.8, 4) is 5.75 Å². The highest BCUT2D eigenvalue weighted by Gasteiger charge is 2.42. The number of phenolic OH excluding ortho intramolecular Hbond substituents is 1. The second-order valence-electron chi connectivity index (χ2n) is 24.3. The van der Waals surface area contributed by atoms with Gasteiger partial charge < -0.3 is 63.3 Å². The van der Waals surface area contributed by atoms with Gasteiger partial charge in [-0.2, -0.15) is 23.5 Å². The van der Waals surface area contributed by atoms with Gasteiger partial charge >= 0.3 is 0 Å². The molecule has 12 N–H and O–H groups in total. The minimum Gasteiger partial charge on any atom is -0.508 e. The normalized spacial score (nSPS) is 23.5. The number of aromatic hydroxyl groups is 1. The molecule has 0 saturated carbocycles. The van der Waals surface area contributed by atoms with Crippen LogP contribution in [0.25, 0.3) is 21.7 Å².